The summed E-state index contributed by atoms with van der Waals surface area (Å²) >= 11 is 11.8. The van der Waals surface area contributed by atoms with Crippen molar-refractivity contribution in [2.45, 2.75) is 39.5 Å². The van der Waals surface area contributed by atoms with Crippen LogP contribution in [0.3, 0.4) is 0 Å². The SMILES string of the molecule is Cc1nc(C(C)(C)C)oc1CC(=O)Nc1ccc(Cl)c(Cl)c1. The van der Waals surface area contributed by atoms with Gasteiger partial charge < -0.3 is 9.73 Å². The number of anilines is 1. The molecule has 118 valence electrons. The number of oxazole rings is 1. The van der Waals surface area contributed by atoms with Crippen molar-refractivity contribution in [1.29, 1.82) is 0 Å². The van der Waals surface area contributed by atoms with Gasteiger partial charge in [-0.1, -0.05) is 44.0 Å². The predicted octanol–water partition coefficient (Wildman–Crippen LogP) is 4.77. The molecule has 0 radical (unpaired) electrons. The predicted molar refractivity (Wildman–Crippen MR) is 88.7 cm³/mol. The highest BCUT2D eigenvalue weighted by Crippen LogP contribution is 2.26. The molecular weight excluding hydrogens is 323 g/mol. The van der Waals surface area contributed by atoms with E-state index in [1.165, 1.54) is 0 Å². The van der Waals surface area contributed by atoms with Gasteiger partial charge in [0.15, 0.2) is 5.89 Å². The minimum atomic E-state index is -0.196. The summed E-state index contributed by atoms with van der Waals surface area (Å²) in [4.78, 5) is 16.5. The molecule has 0 aliphatic carbocycles. The van der Waals surface area contributed by atoms with E-state index < -0.39 is 0 Å². The van der Waals surface area contributed by atoms with Crippen LogP contribution in [0.15, 0.2) is 22.6 Å². The van der Waals surface area contributed by atoms with Crippen LogP contribution in [0.25, 0.3) is 0 Å². The Morgan fingerprint density at radius 1 is 1.27 bits per heavy atom. The van der Waals surface area contributed by atoms with Gasteiger partial charge in [0.1, 0.15) is 5.76 Å². The van der Waals surface area contributed by atoms with Crippen molar-refractivity contribution in [1.82, 2.24) is 4.98 Å². The Balaban J connectivity index is 2.09. The van der Waals surface area contributed by atoms with Crippen molar-refractivity contribution in [3.05, 3.63) is 45.6 Å². The van der Waals surface area contributed by atoms with Crippen LogP contribution in [0.2, 0.25) is 10.0 Å². The summed E-state index contributed by atoms with van der Waals surface area (Å²) in [6.45, 7) is 7.87. The summed E-state index contributed by atoms with van der Waals surface area (Å²) in [5.74, 6) is 1.00. The topological polar surface area (TPSA) is 55.1 Å². The van der Waals surface area contributed by atoms with Gasteiger partial charge in [-0.3, -0.25) is 4.79 Å². The first-order valence-electron chi connectivity index (χ1n) is 6.88. The Labute approximate surface area is 139 Å². The Morgan fingerprint density at radius 3 is 2.50 bits per heavy atom. The second kappa shape index (κ2) is 6.31. The van der Waals surface area contributed by atoms with Crippen molar-refractivity contribution in [2.24, 2.45) is 0 Å². The van der Waals surface area contributed by atoms with Gasteiger partial charge in [0.25, 0.3) is 0 Å². The molecule has 1 heterocycles. The number of hydrogen-bond donors (Lipinski definition) is 1. The fraction of sp³-hybridized carbons (Fsp3) is 0.375. The zero-order chi connectivity index (χ0) is 16.5. The van der Waals surface area contributed by atoms with E-state index in [4.69, 9.17) is 27.6 Å². The molecule has 1 amide bonds. The van der Waals surface area contributed by atoms with Crippen molar-refractivity contribution >= 4 is 34.8 Å². The molecule has 0 bridgehead atoms. The number of halogens is 2. The summed E-state index contributed by atoms with van der Waals surface area (Å²) < 4.78 is 5.71. The van der Waals surface area contributed by atoms with Gasteiger partial charge >= 0.3 is 0 Å². The van der Waals surface area contributed by atoms with Crippen LogP contribution in [0.4, 0.5) is 5.69 Å². The second-order valence-corrected chi connectivity index (χ2v) is 6.95. The van der Waals surface area contributed by atoms with Gasteiger partial charge in [-0.2, -0.15) is 0 Å². The third-order valence-electron chi connectivity index (χ3n) is 3.06. The number of carbonyl (C=O) groups excluding carboxylic acids is 1. The highest BCUT2D eigenvalue weighted by molar-refractivity contribution is 6.42. The van der Waals surface area contributed by atoms with Gasteiger partial charge in [0, 0.05) is 11.1 Å². The van der Waals surface area contributed by atoms with E-state index in [0.717, 1.165) is 5.69 Å². The molecule has 6 heteroatoms. The zero-order valence-corrected chi connectivity index (χ0v) is 14.5. The summed E-state index contributed by atoms with van der Waals surface area (Å²) in [5.41, 5.74) is 1.13. The molecule has 0 saturated heterocycles. The highest BCUT2D eigenvalue weighted by atomic mass is 35.5. The smallest absolute Gasteiger partial charge is 0.232 e. The molecule has 1 N–H and O–H groups in total. The number of aromatic nitrogens is 1. The fourth-order valence-electron chi connectivity index (χ4n) is 1.84. The maximum Gasteiger partial charge on any atom is 0.232 e. The number of hydrogen-bond acceptors (Lipinski definition) is 3. The van der Waals surface area contributed by atoms with Crippen molar-refractivity contribution < 1.29 is 9.21 Å². The van der Waals surface area contributed by atoms with E-state index in [9.17, 15) is 4.79 Å². The van der Waals surface area contributed by atoms with E-state index >= 15 is 0 Å². The van der Waals surface area contributed by atoms with Gasteiger partial charge in [0.2, 0.25) is 5.91 Å². The largest absolute Gasteiger partial charge is 0.444 e. The molecule has 22 heavy (non-hydrogen) atoms. The molecule has 1 aromatic carbocycles. The molecule has 0 atom stereocenters. The number of carbonyl (C=O) groups is 1. The molecule has 0 aliphatic heterocycles. The van der Waals surface area contributed by atoms with E-state index in [-0.39, 0.29) is 17.7 Å². The molecule has 0 spiro atoms. The number of amides is 1. The van der Waals surface area contributed by atoms with Gasteiger partial charge in [-0.25, -0.2) is 4.98 Å². The molecular formula is C16H18Cl2N2O2. The first kappa shape index (κ1) is 16.8. The molecule has 0 aliphatic rings. The van der Waals surface area contributed by atoms with Crippen LogP contribution in [0.5, 0.6) is 0 Å². The number of nitrogens with zero attached hydrogens (tertiary/aromatic N) is 1. The van der Waals surface area contributed by atoms with Crippen LogP contribution in [0.1, 0.15) is 38.1 Å². The minimum Gasteiger partial charge on any atom is -0.444 e. The summed E-state index contributed by atoms with van der Waals surface area (Å²) in [6, 6.07) is 4.94. The van der Waals surface area contributed by atoms with E-state index in [0.29, 0.717) is 27.4 Å². The Hall–Kier alpha value is -1.52. The third-order valence-corrected chi connectivity index (χ3v) is 3.80. The van der Waals surface area contributed by atoms with Gasteiger partial charge in [-0.05, 0) is 25.1 Å². The standard InChI is InChI=1S/C16H18Cl2N2O2/c1-9-13(22-15(19-9)16(2,3)4)8-14(21)20-10-5-6-11(17)12(18)7-10/h5-7H,8H2,1-4H3,(H,20,21). The van der Waals surface area contributed by atoms with Crippen LogP contribution < -0.4 is 5.32 Å². The van der Waals surface area contributed by atoms with E-state index in [2.05, 4.69) is 10.3 Å². The Morgan fingerprint density at radius 2 is 1.95 bits per heavy atom. The molecule has 0 unspecified atom stereocenters. The lowest BCUT2D eigenvalue weighted by Crippen LogP contribution is -2.14. The molecule has 0 fully saturated rings. The molecule has 2 aromatic rings. The van der Waals surface area contributed by atoms with Crippen molar-refractivity contribution in [3.63, 3.8) is 0 Å². The summed E-state index contributed by atoms with van der Waals surface area (Å²) in [6.07, 6.45) is 0.120. The van der Waals surface area contributed by atoms with Gasteiger partial charge in [-0.15, -0.1) is 0 Å². The Kier molecular flexibility index (Phi) is 4.83. The number of nitrogens with one attached hydrogen (secondary N) is 1. The van der Waals surface area contributed by atoms with Crippen molar-refractivity contribution in [3.8, 4) is 0 Å². The lowest BCUT2D eigenvalue weighted by molar-refractivity contribution is -0.115. The molecule has 4 nitrogen and oxygen atoms in total. The Bertz CT molecular complexity index is 703. The maximum atomic E-state index is 12.1. The normalized spacial score (nSPS) is 11.5. The first-order valence-corrected chi connectivity index (χ1v) is 7.64. The van der Waals surface area contributed by atoms with Crippen LogP contribution in [-0.4, -0.2) is 10.9 Å². The van der Waals surface area contributed by atoms with Gasteiger partial charge in [0.05, 0.1) is 22.2 Å². The van der Waals surface area contributed by atoms with Crippen LogP contribution >= 0.6 is 23.2 Å². The summed E-state index contributed by atoms with van der Waals surface area (Å²) in [7, 11) is 0. The minimum absolute atomic E-state index is 0.120. The molecule has 0 saturated carbocycles. The average Bonchev–Trinajstić information content (AvgIpc) is 2.75. The molecule has 1 aromatic heterocycles. The van der Waals surface area contributed by atoms with Crippen LogP contribution in [-0.2, 0) is 16.6 Å². The van der Waals surface area contributed by atoms with Crippen molar-refractivity contribution in [2.75, 3.05) is 5.32 Å². The highest BCUT2D eigenvalue weighted by Gasteiger charge is 2.23. The second-order valence-electron chi connectivity index (χ2n) is 6.13. The first-order chi connectivity index (χ1) is 10.2. The number of aryl methyl sites for hydroxylation is 1. The third kappa shape index (κ3) is 4.02. The zero-order valence-electron chi connectivity index (χ0n) is 13.0. The number of benzene rings is 1. The quantitative estimate of drug-likeness (QED) is 0.875. The average molecular weight is 341 g/mol. The lowest BCUT2D eigenvalue weighted by atomic mass is 9.97. The van der Waals surface area contributed by atoms with E-state index in [1.807, 2.05) is 27.7 Å². The summed E-state index contributed by atoms with van der Waals surface area (Å²) in [5, 5.41) is 3.60. The lowest BCUT2D eigenvalue weighted by Gasteiger charge is -2.12. The van der Waals surface area contributed by atoms with E-state index in [1.54, 1.807) is 18.2 Å². The molecule has 2 rings (SSSR count). The monoisotopic (exact) mass is 340 g/mol. The van der Waals surface area contributed by atoms with Crippen LogP contribution in [0, 0.1) is 6.92 Å². The maximum absolute atomic E-state index is 12.1. The number of rotatable bonds is 3. The fourth-order valence-corrected chi connectivity index (χ4v) is 2.14.